The van der Waals surface area contributed by atoms with Crippen molar-refractivity contribution in [3.05, 3.63) is 0 Å². The minimum atomic E-state index is 0.417. The summed E-state index contributed by atoms with van der Waals surface area (Å²) in [5.74, 6) is 0.853. The van der Waals surface area contributed by atoms with Gasteiger partial charge in [-0.1, -0.05) is 25.7 Å². The first kappa shape index (κ1) is 14.3. The maximum Gasteiger partial charge on any atom is 0.0156 e. The molecule has 2 rings (SSSR count). The summed E-state index contributed by atoms with van der Waals surface area (Å²) in [5.41, 5.74) is 6.17. The third-order valence-electron chi connectivity index (χ3n) is 5.24. The van der Waals surface area contributed by atoms with Gasteiger partial charge in [-0.05, 0) is 58.4 Å². The van der Waals surface area contributed by atoms with Gasteiger partial charge in [0.2, 0.25) is 0 Å². The largest absolute Gasteiger partial charge is 0.330 e. The van der Waals surface area contributed by atoms with E-state index >= 15 is 0 Å². The monoisotopic (exact) mass is 252 g/mol. The fourth-order valence-electron chi connectivity index (χ4n) is 4.00. The number of likely N-dealkylation sites (tertiary alicyclic amines) is 1. The molecule has 0 aromatic carbocycles. The molecule has 0 bridgehead atoms. The van der Waals surface area contributed by atoms with Crippen LogP contribution in [0.2, 0.25) is 0 Å². The average molecular weight is 252 g/mol. The van der Waals surface area contributed by atoms with Gasteiger partial charge in [0.05, 0.1) is 0 Å². The van der Waals surface area contributed by atoms with Crippen molar-refractivity contribution in [3.63, 3.8) is 0 Å². The summed E-state index contributed by atoms with van der Waals surface area (Å²) in [6.07, 6.45) is 12.6. The van der Waals surface area contributed by atoms with Crippen LogP contribution in [0.15, 0.2) is 0 Å². The van der Waals surface area contributed by atoms with Gasteiger partial charge in [-0.2, -0.15) is 0 Å². The molecule has 2 nitrogen and oxygen atoms in total. The Morgan fingerprint density at radius 3 is 2.33 bits per heavy atom. The highest BCUT2D eigenvalue weighted by atomic mass is 15.2. The van der Waals surface area contributed by atoms with E-state index in [1.807, 2.05) is 0 Å². The summed E-state index contributed by atoms with van der Waals surface area (Å²) in [6, 6.07) is 0.850. The van der Waals surface area contributed by atoms with Gasteiger partial charge in [0.15, 0.2) is 0 Å². The Balaban J connectivity index is 2.00. The van der Waals surface area contributed by atoms with Crippen molar-refractivity contribution >= 4 is 0 Å². The van der Waals surface area contributed by atoms with Crippen molar-refractivity contribution in [1.29, 1.82) is 0 Å². The summed E-state index contributed by atoms with van der Waals surface area (Å²) >= 11 is 0. The molecule has 0 aromatic heterocycles. The van der Waals surface area contributed by atoms with E-state index in [2.05, 4.69) is 18.7 Å². The minimum absolute atomic E-state index is 0.417. The Kier molecular flexibility index (Phi) is 5.08. The molecule has 1 saturated heterocycles. The minimum Gasteiger partial charge on any atom is -0.330 e. The van der Waals surface area contributed by atoms with Crippen molar-refractivity contribution in [2.24, 2.45) is 11.7 Å². The van der Waals surface area contributed by atoms with Crippen LogP contribution < -0.4 is 5.73 Å². The van der Waals surface area contributed by atoms with Gasteiger partial charge in [-0.3, -0.25) is 4.90 Å². The van der Waals surface area contributed by atoms with E-state index in [0.29, 0.717) is 5.54 Å². The zero-order valence-corrected chi connectivity index (χ0v) is 12.5. The van der Waals surface area contributed by atoms with E-state index < -0.39 is 0 Å². The van der Waals surface area contributed by atoms with Crippen molar-refractivity contribution in [2.75, 3.05) is 13.1 Å². The fourth-order valence-corrected chi connectivity index (χ4v) is 4.00. The maximum absolute atomic E-state index is 5.76. The van der Waals surface area contributed by atoms with E-state index in [1.54, 1.807) is 0 Å². The molecule has 2 N–H and O–H groups in total. The highest BCUT2D eigenvalue weighted by molar-refractivity contribution is 4.93. The summed E-state index contributed by atoms with van der Waals surface area (Å²) in [5, 5.41) is 0. The standard InChI is InChI=1S/C16H32N2/c1-16(2)11-9-14(10-12-17)13-18(16)15-7-5-3-4-6-8-15/h14-15H,3-13,17H2,1-2H3. The van der Waals surface area contributed by atoms with Crippen LogP contribution in [0.25, 0.3) is 0 Å². The first-order valence-electron chi connectivity index (χ1n) is 8.10. The Morgan fingerprint density at radius 2 is 1.72 bits per heavy atom. The number of hydrogen-bond donors (Lipinski definition) is 1. The molecule has 2 heteroatoms. The van der Waals surface area contributed by atoms with Crippen LogP contribution in [-0.4, -0.2) is 29.6 Å². The van der Waals surface area contributed by atoms with Crippen LogP contribution >= 0.6 is 0 Å². The first-order chi connectivity index (χ1) is 8.63. The Morgan fingerprint density at radius 1 is 1.06 bits per heavy atom. The summed E-state index contributed by atoms with van der Waals surface area (Å²) in [6.45, 7) is 7.07. The summed E-state index contributed by atoms with van der Waals surface area (Å²) in [4.78, 5) is 2.85. The van der Waals surface area contributed by atoms with Gasteiger partial charge < -0.3 is 5.73 Å². The van der Waals surface area contributed by atoms with Crippen molar-refractivity contribution in [3.8, 4) is 0 Å². The summed E-state index contributed by atoms with van der Waals surface area (Å²) in [7, 11) is 0. The number of hydrogen-bond acceptors (Lipinski definition) is 2. The Labute approximate surface area is 113 Å². The quantitative estimate of drug-likeness (QED) is 0.778. The highest BCUT2D eigenvalue weighted by Crippen LogP contribution is 2.36. The Bertz CT molecular complexity index is 241. The molecular weight excluding hydrogens is 220 g/mol. The number of piperidine rings is 1. The lowest BCUT2D eigenvalue weighted by Crippen LogP contribution is -2.55. The predicted molar refractivity (Wildman–Crippen MR) is 78.7 cm³/mol. The van der Waals surface area contributed by atoms with Gasteiger partial charge in [0, 0.05) is 18.1 Å². The second kappa shape index (κ2) is 6.38. The van der Waals surface area contributed by atoms with Gasteiger partial charge >= 0.3 is 0 Å². The molecule has 1 heterocycles. The molecule has 1 saturated carbocycles. The van der Waals surface area contributed by atoms with Crippen molar-refractivity contribution < 1.29 is 0 Å². The van der Waals surface area contributed by atoms with Crippen molar-refractivity contribution in [2.45, 2.75) is 83.2 Å². The van der Waals surface area contributed by atoms with E-state index in [9.17, 15) is 0 Å². The molecular formula is C16H32N2. The summed E-state index contributed by atoms with van der Waals surface area (Å²) < 4.78 is 0. The normalized spacial score (nSPS) is 31.2. The second-order valence-electron chi connectivity index (χ2n) is 7.09. The zero-order valence-electron chi connectivity index (χ0n) is 12.5. The van der Waals surface area contributed by atoms with Crippen LogP contribution in [0.1, 0.15) is 71.6 Å². The smallest absolute Gasteiger partial charge is 0.0156 e. The van der Waals surface area contributed by atoms with Crippen LogP contribution in [0.4, 0.5) is 0 Å². The molecule has 0 spiro atoms. The van der Waals surface area contributed by atoms with Crippen LogP contribution in [0.5, 0.6) is 0 Å². The van der Waals surface area contributed by atoms with Crippen LogP contribution in [0.3, 0.4) is 0 Å². The van der Waals surface area contributed by atoms with E-state index in [1.165, 1.54) is 64.3 Å². The molecule has 1 atom stereocenters. The maximum atomic E-state index is 5.76. The zero-order chi connectivity index (χ0) is 13.0. The predicted octanol–water partition coefficient (Wildman–Crippen LogP) is 3.55. The lowest BCUT2D eigenvalue weighted by atomic mass is 9.81. The molecule has 2 fully saturated rings. The van der Waals surface area contributed by atoms with Gasteiger partial charge in [0.1, 0.15) is 0 Å². The molecule has 106 valence electrons. The molecule has 2 aliphatic rings. The number of nitrogens with zero attached hydrogens (tertiary/aromatic N) is 1. The lowest BCUT2D eigenvalue weighted by Gasteiger charge is -2.49. The van der Waals surface area contributed by atoms with Gasteiger partial charge in [-0.25, -0.2) is 0 Å². The first-order valence-corrected chi connectivity index (χ1v) is 8.10. The second-order valence-corrected chi connectivity index (χ2v) is 7.09. The van der Waals surface area contributed by atoms with Crippen molar-refractivity contribution in [1.82, 2.24) is 4.90 Å². The molecule has 0 aromatic rings. The van der Waals surface area contributed by atoms with E-state index in [0.717, 1.165) is 18.5 Å². The highest BCUT2D eigenvalue weighted by Gasteiger charge is 2.37. The average Bonchev–Trinajstić information content (AvgIpc) is 2.60. The third-order valence-corrected chi connectivity index (χ3v) is 5.24. The SMILES string of the molecule is CC1(C)CCC(CCN)CN1C1CCCCCC1. The molecule has 0 amide bonds. The lowest BCUT2D eigenvalue weighted by molar-refractivity contribution is 0.0000324. The van der Waals surface area contributed by atoms with Crippen LogP contribution in [-0.2, 0) is 0 Å². The van der Waals surface area contributed by atoms with E-state index in [-0.39, 0.29) is 0 Å². The molecule has 0 radical (unpaired) electrons. The third kappa shape index (κ3) is 3.48. The Hall–Kier alpha value is -0.0800. The van der Waals surface area contributed by atoms with Gasteiger partial charge in [0.25, 0.3) is 0 Å². The molecule has 1 aliphatic carbocycles. The van der Waals surface area contributed by atoms with Crippen LogP contribution in [0, 0.1) is 5.92 Å². The van der Waals surface area contributed by atoms with Gasteiger partial charge in [-0.15, -0.1) is 0 Å². The molecule has 1 unspecified atom stereocenters. The molecule has 1 aliphatic heterocycles. The number of rotatable bonds is 3. The fraction of sp³-hybridized carbons (Fsp3) is 1.00. The molecule has 18 heavy (non-hydrogen) atoms. The topological polar surface area (TPSA) is 29.3 Å². The van der Waals surface area contributed by atoms with E-state index in [4.69, 9.17) is 5.73 Å². The number of nitrogens with two attached hydrogens (primary N) is 1.